The number of aromatic nitrogens is 1. The minimum absolute atomic E-state index is 0.298. The van der Waals surface area contributed by atoms with E-state index in [0.29, 0.717) is 23.8 Å². The highest BCUT2D eigenvalue weighted by atomic mass is 79.9. The maximum absolute atomic E-state index is 13.1. The average molecular weight is 299 g/mol. The zero-order chi connectivity index (χ0) is 12.3. The van der Waals surface area contributed by atoms with Crippen LogP contribution < -0.4 is 5.32 Å². The topological polar surface area (TPSA) is 38.1 Å². The van der Waals surface area contributed by atoms with Gasteiger partial charge in [0.05, 0.1) is 12.7 Å². The normalized spacial score (nSPS) is 10.8. The molecule has 1 aromatic carbocycles. The van der Waals surface area contributed by atoms with E-state index in [-0.39, 0.29) is 5.82 Å². The number of nitrogens with one attached hydrogen (secondary N) is 1. The average Bonchev–Trinajstić information content (AvgIpc) is 2.78. The lowest BCUT2D eigenvalue weighted by Gasteiger charge is -2.00. The van der Waals surface area contributed by atoms with Gasteiger partial charge >= 0.3 is 0 Å². The van der Waals surface area contributed by atoms with E-state index in [1.165, 1.54) is 12.1 Å². The Hall–Kier alpha value is -1.20. The largest absolute Gasteiger partial charge is 0.439 e. The summed E-state index contributed by atoms with van der Waals surface area (Å²) >= 11 is 3.36. The molecule has 90 valence electrons. The summed E-state index contributed by atoms with van der Waals surface area (Å²) in [5.41, 5.74) is 0.667. The fourth-order valence-electron chi connectivity index (χ4n) is 1.43. The molecule has 0 unspecified atom stereocenters. The third-order valence-electron chi connectivity index (χ3n) is 2.27. The highest BCUT2D eigenvalue weighted by molar-refractivity contribution is 9.10. The Morgan fingerprint density at radius 1 is 1.47 bits per heavy atom. The number of oxazole rings is 1. The number of benzene rings is 1. The van der Waals surface area contributed by atoms with E-state index < -0.39 is 0 Å². The molecule has 5 heteroatoms. The first-order valence-corrected chi connectivity index (χ1v) is 6.11. The molecule has 2 aromatic rings. The molecule has 1 heterocycles. The highest BCUT2D eigenvalue weighted by Crippen LogP contribution is 2.29. The monoisotopic (exact) mass is 298 g/mol. The summed E-state index contributed by atoms with van der Waals surface area (Å²) in [5, 5.41) is 3.11. The van der Waals surface area contributed by atoms with E-state index in [1.807, 2.05) is 6.92 Å². The van der Waals surface area contributed by atoms with Crippen molar-refractivity contribution in [3.8, 4) is 11.3 Å². The van der Waals surface area contributed by atoms with Crippen molar-refractivity contribution < 1.29 is 8.81 Å². The summed E-state index contributed by atoms with van der Waals surface area (Å²) in [6.07, 6.45) is 1.60. The number of rotatable bonds is 4. The standard InChI is InChI=1S/C12H12BrFN2O/c1-2-15-7-12-16-6-11(17-12)9-5-8(14)3-4-10(9)13/h3-6,15H,2,7H2,1H3. The number of hydrogen-bond donors (Lipinski definition) is 1. The van der Waals surface area contributed by atoms with Crippen LogP contribution >= 0.6 is 15.9 Å². The molecule has 0 fully saturated rings. The van der Waals surface area contributed by atoms with Crippen molar-refractivity contribution in [2.24, 2.45) is 0 Å². The molecule has 0 amide bonds. The van der Waals surface area contributed by atoms with Gasteiger partial charge in [0.15, 0.2) is 5.76 Å². The second kappa shape index (κ2) is 5.42. The number of hydrogen-bond acceptors (Lipinski definition) is 3. The maximum atomic E-state index is 13.1. The number of nitrogens with zero attached hydrogens (tertiary/aromatic N) is 1. The van der Waals surface area contributed by atoms with Gasteiger partial charge in [0.1, 0.15) is 5.82 Å². The van der Waals surface area contributed by atoms with Gasteiger partial charge < -0.3 is 9.73 Å². The highest BCUT2D eigenvalue weighted by Gasteiger charge is 2.10. The van der Waals surface area contributed by atoms with Crippen LogP contribution in [0.5, 0.6) is 0 Å². The summed E-state index contributed by atoms with van der Waals surface area (Å²) < 4.78 is 19.5. The molecule has 0 radical (unpaired) electrons. The lowest BCUT2D eigenvalue weighted by molar-refractivity contribution is 0.482. The van der Waals surface area contributed by atoms with Gasteiger partial charge in [-0.15, -0.1) is 0 Å². The predicted octanol–water partition coefficient (Wildman–Crippen LogP) is 3.35. The quantitative estimate of drug-likeness (QED) is 0.941. The Balaban J connectivity index is 2.27. The molecule has 0 aliphatic carbocycles. The van der Waals surface area contributed by atoms with Gasteiger partial charge in [0.25, 0.3) is 0 Å². The molecule has 0 atom stereocenters. The van der Waals surface area contributed by atoms with Crippen LogP contribution in [0.3, 0.4) is 0 Å². The van der Waals surface area contributed by atoms with Gasteiger partial charge in [-0.1, -0.05) is 22.9 Å². The molecule has 1 aromatic heterocycles. The minimum atomic E-state index is -0.298. The summed E-state index contributed by atoms with van der Waals surface area (Å²) in [4.78, 5) is 4.13. The summed E-state index contributed by atoms with van der Waals surface area (Å²) in [7, 11) is 0. The van der Waals surface area contributed by atoms with E-state index >= 15 is 0 Å². The number of halogens is 2. The van der Waals surface area contributed by atoms with Crippen molar-refractivity contribution in [1.82, 2.24) is 10.3 Å². The Labute approximate surface area is 107 Å². The minimum Gasteiger partial charge on any atom is -0.439 e. The second-order valence-corrected chi connectivity index (χ2v) is 4.38. The SMILES string of the molecule is CCNCc1ncc(-c2cc(F)ccc2Br)o1. The molecule has 1 N–H and O–H groups in total. The van der Waals surface area contributed by atoms with Crippen LogP contribution in [-0.2, 0) is 6.54 Å². The van der Waals surface area contributed by atoms with Gasteiger partial charge in [-0.2, -0.15) is 0 Å². The first-order valence-electron chi connectivity index (χ1n) is 5.31. The first kappa shape index (κ1) is 12.3. The molecule has 0 saturated heterocycles. The summed E-state index contributed by atoms with van der Waals surface area (Å²) in [5.74, 6) is 0.857. The van der Waals surface area contributed by atoms with Crippen LogP contribution in [0, 0.1) is 5.82 Å². The van der Waals surface area contributed by atoms with E-state index in [0.717, 1.165) is 11.0 Å². The van der Waals surface area contributed by atoms with E-state index in [1.54, 1.807) is 12.3 Å². The van der Waals surface area contributed by atoms with Gasteiger partial charge in [0.2, 0.25) is 5.89 Å². The molecule has 0 bridgehead atoms. The zero-order valence-electron chi connectivity index (χ0n) is 9.34. The van der Waals surface area contributed by atoms with Gasteiger partial charge in [-0.05, 0) is 24.7 Å². The van der Waals surface area contributed by atoms with Crippen molar-refractivity contribution in [3.05, 3.63) is 40.6 Å². The molecule has 17 heavy (non-hydrogen) atoms. The molecular weight excluding hydrogens is 287 g/mol. The Kier molecular flexibility index (Phi) is 3.91. The molecular formula is C12H12BrFN2O. The van der Waals surface area contributed by atoms with Crippen LogP contribution in [0.15, 0.2) is 33.3 Å². The molecule has 0 spiro atoms. The van der Waals surface area contributed by atoms with E-state index in [2.05, 4.69) is 26.2 Å². The van der Waals surface area contributed by atoms with Gasteiger partial charge in [-0.25, -0.2) is 9.37 Å². The maximum Gasteiger partial charge on any atom is 0.208 e. The fourth-order valence-corrected chi connectivity index (χ4v) is 1.88. The van der Waals surface area contributed by atoms with Crippen LogP contribution in [0.1, 0.15) is 12.8 Å². The lowest BCUT2D eigenvalue weighted by atomic mass is 10.2. The smallest absolute Gasteiger partial charge is 0.208 e. The van der Waals surface area contributed by atoms with Crippen LogP contribution in [0.4, 0.5) is 4.39 Å². The van der Waals surface area contributed by atoms with Crippen molar-refractivity contribution in [1.29, 1.82) is 0 Å². The first-order chi connectivity index (χ1) is 8.20. The molecule has 3 nitrogen and oxygen atoms in total. The van der Waals surface area contributed by atoms with E-state index in [4.69, 9.17) is 4.42 Å². The Bertz CT molecular complexity index is 513. The fraction of sp³-hybridized carbons (Fsp3) is 0.250. The molecule has 0 saturated carbocycles. The Morgan fingerprint density at radius 3 is 3.06 bits per heavy atom. The van der Waals surface area contributed by atoms with Crippen molar-refractivity contribution >= 4 is 15.9 Å². The van der Waals surface area contributed by atoms with Gasteiger partial charge in [-0.3, -0.25) is 0 Å². The second-order valence-electron chi connectivity index (χ2n) is 3.52. The van der Waals surface area contributed by atoms with Crippen molar-refractivity contribution in [3.63, 3.8) is 0 Å². The van der Waals surface area contributed by atoms with Crippen LogP contribution in [-0.4, -0.2) is 11.5 Å². The zero-order valence-corrected chi connectivity index (χ0v) is 10.9. The van der Waals surface area contributed by atoms with Crippen molar-refractivity contribution in [2.45, 2.75) is 13.5 Å². The predicted molar refractivity (Wildman–Crippen MR) is 67.0 cm³/mol. The Morgan fingerprint density at radius 2 is 2.29 bits per heavy atom. The van der Waals surface area contributed by atoms with Crippen LogP contribution in [0.25, 0.3) is 11.3 Å². The summed E-state index contributed by atoms with van der Waals surface area (Å²) in [6, 6.07) is 4.46. The summed E-state index contributed by atoms with van der Waals surface area (Å²) in [6.45, 7) is 3.43. The van der Waals surface area contributed by atoms with Crippen molar-refractivity contribution in [2.75, 3.05) is 6.54 Å². The van der Waals surface area contributed by atoms with Crippen LogP contribution in [0.2, 0.25) is 0 Å². The third-order valence-corrected chi connectivity index (χ3v) is 2.97. The molecule has 0 aliphatic heterocycles. The van der Waals surface area contributed by atoms with Gasteiger partial charge in [0, 0.05) is 10.0 Å². The molecule has 0 aliphatic rings. The van der Waals surface area contributed by atoms with E-state index in [9.17, 15) is 4.39 Å². The molecule has 2 rings (SSSR count). The lowest BCUT2D eigenvalue weighted by Crippen LogP contribution is -2.11. The third kappa shape index (κ3) is 2.92.